The van der Waals surface area contributed by atoms with Gasteiger partial charge in [0.1, 0.15) is 0 Å². The number of anilines is 1. The molecule has 8 heteroatoms. The summed E-state index contributed by atoms with van der Waals surface area (Å²) in [5.41, 5.74) is 5.40. The fourth-order valence-electron chi connectivity index (χ4n) is 4.19. The van der Waals surface area contributed by atoms with E-state index in [-0.39, 0.29) is 9.79 Å². The summed E-state index contributed by atoms with van der Waals surface area (Å²) in [6.45, 7) is 3.34. The quantitative estimate of drug-likeness (QED) is 0.628. The van der Waals surface area contributed by atoms with Crippen LogP contribution < -0.4 is 4.90 Å². The maximum Gasteiger partial charge on any atom is 0.177 e. The van der Waals surface area contributed by atoms with Gasteiger partial charge in [-0.1, -0.05) is 31.2 Å². The molecular weight excluding hydrogens is 432 g/mol. The molecule has 0 radical (unpaired) electrons. The monoisotopic (exact) mass is 458 g/mol. The van der Waals surface area contributed by atoms with Crippen molar-refractivity contribution in [2.24, 2.45) is 0 Å². The van der Waals surface area contributed by atoms with Crippen molar-refractivity contribution in [1.29, 1.82) is 0 Å². The smallest absolute Gasteiger partial charge is 0.177 e. The van der Waals surface area contributed by atoms with Crippen LogP contribution in [0.4, 0.5) is 5.69 Å². The van der Waals surface area contributed by atoms with Crippen molar-refractivity contribution < 1.29 is 16.8 Å². The standard InChI is InChI=1S/C23H26N2O4S2/c1-4-16-6-5-7-19-20(15-24-23(16)19)17-10-12-25(13-11-17)21-9-8-18(30(2,26)27)14-22(21)31(3,28)29/h5-10,14-15,24H,4,11-13H2,1-3H3. The summed E-state index contributed by atoms with van der Waals surface area (Å²) in [5, 5.41) is 1.20. The van der Waals surface area contributed by atoms with Crippen LogP contribution in [-0.2, 0) is 26.1 Å². The average molecular weight is 459 g/mol. The van der Waals surface area contributed by atoms with Gasteiger partial charge in [0.15, 0.2) is 19.7 Å². The largest absolute Gasteiger partial charge is 0.366 e. The Labute approximate surface area is 183 Å². The predicted octanol–water partition coefficient (Wildman–Crippen LogP) is 3.83. The molecule has 0 saturated carbocycles. The molecule has 0 bridgehead atoms. The molecule has 1 aromatic heterocycles. The van der Waals surface area contributed by atoms with Gasteiger partial charge in [0, 0.05) is 48.3 Å². The molecule has 0 saturated heterocycles. The van der Waals surface area contributed by atoms with E-state index in [1.54, 1.807) is 6.07 Å². The summed E-state index contributed by atoms with van der Waals surface area (Å²) in [6, 6.07) is 10.7. The fourth-order valence-corrected chi connectivity index (χ4v) is 5.83. The van der Waals surface area contributed by atoms with Crippen LogP contribution in [-0.4, -0.2) is 47.4 Å². The third kappa shape index (κ3) is 4.14. The number of nitrogens with one attached hydrogen (secondary N) is 1. The van der Waals surface area contributed by atoms with E-state index in [1.165, 1.54) is 39.7 Å². The van der Waals surface area contributed by atoms with Gasteiger partial charge in [-0.2, -0.15) is 0 Å². The van der Waals surface area contributed by atoms with E-state index in [9.17, 15) is 16.8 Å². The number of sulfone groups is 2. The van der Waals surface area contributed by atoms with Gasteiger partial charge in [-0.3, -0.25) is 0 Å². The lowest BCUT2D eigenvalue weighted by Gasteiger charge is -2.30. The van der Waals surface area contributed by atoms with E-state index in [0.717, 1.165) is 25.4 Å². The molecule has 0 aliphatic carbocycles. The fraction of sp³-hybridized carbons (Fsp3) is 0.304. The van der Waals surface area contributed by atoms with Crippen molar-refractivity contribution >= 4 is 41.8 Å². The van der Waals surface area contributed by atoms with Gasteiger partial charge in [-0.25, -0.2) is 16.8 Å². The summed E-state index contributed by atoms with van der Waals surface area (Å²) in [4.78, 5) is 5.45. The van der Waals surface area contributed by atoms with E-state index in [2.05, 4.69) is 36.2 Å². The summed E-state index contributed by atoms with van der Waals surface area (Å²) < 4.78 is 48.6. The number of aryl methyl sites for hydroxylation is 1. The minimum atomic E-state index is -3.59. The molecule has 0 unspecified atom stereocenters. The molecule has 0 atom stereocenters. The maximum absolute atomic E-state index is 12.4. The molecule has 4 rings (SSSR count). The van der Waals surface area contributed by atoms with Crippen molar-refractivity contribution in [3.8, 4) is 0 Å². The number of aromatic amines is 1. The zero-order valence-corrected chi connectivity index (χ0v) is 19.5. The van der Waals surface area contributed by atoms with Crippen LogP contribution in [0.3, 0.4) is 0 Å². The molecular formula is C23H26N2O4S2. The first kappa shape index (κ1) is 21.6. The van der Waals surface area contributed by atoms with E-state index in [0.29, 0.717) is 18.8 Å². The lowest BCUT2D eigenvalue weighted by molar-refractivity contribution is 0.599. The van der Waals surface area contributed by atoms with Crippen LogP contribution >= 0.6 is 0 Å². The zero-order valence-electron chi connectivity index (χ0n) is 17.8. The Morgan fingerprint density at radius 3 is 2.42 bits per heavy atom. The SMILES string of the molecule is CCc1cccc2c(C3=CCN(c4ccc(S(C)(=O)=O)cc4S(C)(=O)=O)CC3)c[nH]c12. The first-order chi connectivity index (χ1) is 14.6. The molecule has 0 amide bonds. The van der Waals surface area contributed by atoms with Crippen molar-refractivity contribution in [3.63, 3.8) is 0 Å². The van der Waals surface area contributed by atoms with Gasteiger partial charge in [-0.05, 0) is 42.2 Å². The van der Waals surface area contributed by atoms with Gasteiger partial charge in [0.05, 0.1) is 15.5 Å². The highest BCUT2D eigenvalue weighted by Crippen LogP contribution is 2.34. The first-order valence-corrected chi connectivity index (χ1v) is 14.0. The van der Waals surface area contributed by atoms with Gasteiger partial charge in [0.25, 0.3) is 0 Å². The molecule has 2 heterocycles. The normalized spacial score (nSPS) is 15.3. The number of hydrogen-bond donors (Lipinski definition) is 1. The number of nitrogens with zero attached hydrogens (tertiary/aromatic N) is 1. The molecule has 1 N–H and O–H groups in total. The number of H-pyrrole nitrogens is 1. The van der Waals surface area contributed by atoms with Crippen LogP contribution in [0.15, 0.2) is 58.5 Å². The van der Waals surface area contributed by atoms with Gasteiger partial charge in [-0.15, -0.1) is 0 Å². The maximum atomic E-state index is 12.4. The van der Waals surface area contributed by atoms with Gasteiger partial charge >= 0.3 is 0 Å². The number of para-hydroxylation sites is 1. The Kier molecular flexibility index (Phi) is 5.47. The zero-order chi connectivity index (χ0) is 22.4. The number of aromatic nitrogens is 1. The highest BCUT2D eigenvalue weighted by Gasteiger charge is 2.23. The molecule has 2 aromatic carbocycles. The highest BCUT2D eigenvalue weighted by atomic mass is 32.2. The molecule has 31 heavy (non-hydrogen) atoms. The van der Waals surface area contributed by atoms with Crippen LogP contribution in [0.2, 0.25) is 0 Å². The summed E-state index contributed by atoms with van der Waals surface area (Å²) in [5.74, 6) is 0. The second-order valence-corrected chi connectivity index (χ2v) is 12.0. The van der Waals surface area contributed by atoms with Gasteiger partial charge < -0.3 is 9.88 Å². The molecule has 3 aromatic rings. The summed E-state index contributed by atoms with van der Waals surface area (Å²) in [7, 11) is -7.09. The minimum Gasteiger partial charge on any atom is -0.366 e. The van der Waals surface area contributed by atoms with Crippen molar-refractivity contribution in [1.82, 2.24) is 4.98 Å². The van der Waals surface area contributed by atoms with E-state index < -0.39 is 19.7 Å². The Morgan fingerprint density at radius 2 is 1.81 bits per heavy atom. The number of hydrogen-bond acceptors (Lipinski definition) is 5. The second kappa shape index (κ2) is 7.84. The van der Waals surface area contributed by atoms with Crippen LogP contribution in [0.25, 0.3) is 16.5 Å². The van der Waals surface area contributed by atoms with Crippen molar-refractivity contribution in [2.75, 3.05) is 30.5 Å². The summed E-state index contributed by atoms with van der Waals surface area (Å²) >= 11 is 0. The molecule has 6 nitrogen and oxygen atoms in total. The number of fused-ring (bicyclic) bond motifs is 1. The predicted molar refractivity (Wildman–Crippen MR) is 125 cm³/mol. The van der Waals surface area contributed by atoms with Gasteiger partial charge in [0.2, 0.25) is 0 Å². The molecule has 0 spiro atoms. The van der Waals surface area contributed by atoms with Crippen LogP contribution in [0, 0.1) is 0 Å². The van der Waals surface area contributed by atoms with E-state index in [1.807, 2.05) is 11.1 Å². The molecule has 0 fully saturated rings. The Bertz CT molecular complexity index is 1400. The Morgan fingerprint density at radius 1 is 1.03 bits per heavy atom. The topological polar surface area (TPSA) is 87.3 Å². The van der Waals surface area contributed by atoms with Crippen molar-refractivity contribution in [3.05, 3.63) is 59.8 Å². The third-order valence-electron chi connectivity index (χ3n) is 5.84. The molecule has 1 aliphatic rings. The number of rotatable bonds is 5. The first-order valence-electron chi connectivity index (χ1n) is 10.2. The summed E-state index contributed by atoms with van der Waals surface area (Å²) in [6.07, 6.45) is 8.09. The van der Waals surface area contributed by atoms with E-state index >= 15 is 0 Å². The Hall–Kier alpha value is -2.58. The van der Waals surface area contributed by atoms with Crippen LogP contribution in [0.5, 0.6) is 0 Å². The lowest BCUT2D eigenvalue weighted by Crippen LogP contribution is -2.29. The minimum absolute atomic E-state index is 0.00966. The molecule has 1 aliphatic heterocycles. The van der Waals surface area contributed by atoms with Crippen LogP contribution in [0.1, 0.15) is 24.5 Å². The lowest BCUT2D eigenvalue weighted by atomic mass is 9.97. The van der Waals surface area contributed by atoms with Crippen molar-refractivity contribution in [2.45, 2.75) is 29.6 Å². The van der Waals surface area contributed by atoms with E-state index in [4.69, 9.17) is 0 Å². The average Bonchev–Trinajstić information content (AvgIpc) is 3.16. The Balaban J connectivity index is 1.69. The third-order valence-corrected chi connectivity index (χ3v) is 8.07. The molecule has 164 valence electrons. The highest BCUT2D eigenvalue weighted by molar-refractivity contribution is 7.91. The number of benzene rings is 2. The second-order valence-electron chi connectivity index (χ2n) is 7.99.